The number of hydrogen-bond acceptors (Lipinski definition) is 1. The Morgan fingerprint density at radius 2 is 2.25 bits per heavy atom. The minimum Gasteiger partial charge on any atom is -0.592 e. The van der Waals surface area contributed by atoms with Gasteiger partial charge in [-0.15, -0.1) is 0 Å². The van der Waals surface area contributed by atoms with Crippen LogP contribution in [0.1, 0.15) is 0 Å². The summed E-state index contributed by atoms with van der Waals surface area (Å²) >= 11 is 0. The Morgan fingerprint density at radius 1 is 2.00 bits per heavy atom. The molecule has 0 aromatic carbocycles. The van der Waals surface area contributed by atoms with Crippen molar-refractivity contribution in [3.63, 3.8) is 0 Å². The lowest BCUT2D eigenvalue weighted by Crippen LogP contribution is -1.50. The van der Waals surface area contributed by atoms with E-state index in [-0.39, 0.29) is 0 Å². The highest BCUT2D eigenvalue weighted by Gasteiger charge is 1.16. The van der Waals surface area contributed by atoms with Gasteiger partial charge in [0.15, 0.2) is 0 Å². The Bertz CT molecular complexity index is 51.5. The maximum absolute atomic E-state index is 7.44. The number of nitrogens with zero attached hydrogens (tertiary/aromatic N) is 1. The van der Waals surface area contributed by atoms with Crippen LogP contribution >= 0.6 is 0 Å². The number of nitriles is 1. The predicted octanol–water partition coefficient (Wildman–Crippen LogP) is -0.519. The van der Waals surface area contributed by atoms with Gasteiger partial charge in [-0.1, -0.05) is 0 Å². The molecule has 0 aromatic rings. The van der Waals surface area contributed by atoms with Gasteiger partial charge in [-0.2, -0.15) is 5.26 Å². The maximum Gasteiger partial charge on any atom is 0.0378 e. The van der Waals surface area contributed by atoms with Gasteiger partial charge < -0.3 is 7.49 Å². The van der Waals surface area contributed by atoms with E-state index in [1.165, 1.54) is 0 Å². The first-order valence-electron chi connectivity index (χ1n) is 0.846. The van der Waals surface area contributed by atoms with Crippen LogP contribution in [0.25, 0.3) is 0 Å². The largest absolute Gasteiger partial charge is 0.592 e. The Labute approximate surface area is 25.9 Å². The highest BCUT2D eigenvalue weighted by Crippen LogP contribution is 1.17. The molecular formula is C2HBN-. The van der Waals surface area contributed by atoms with Crippen molar-refractivity contribution in [3.05, 3.63) is 0 Å². The zero-order valence-electron chi connectivity index (χ0n) is 2.10. The van der Waals surface area contributed by atoms with Crippen LogP contribution < -0.4 is 0 Å². The number of hydrogen-bond donors (Lipinski definition) is 0. The van der Waals surface area contributed by atoms with E-state index in [0.717, 1.165) is 5.97 Å². The van der Waals surface area contributed by atoms with E-state index in [2.05, 4.69) is 7.49 Å². The van der Waals surface area contributed by atoms with Crippen molar-refractivity contribution < 1.29 is 0 Å². The first-order chi connectivity index (χ1) is 1.91. The Morgan fingerprint density at radius 3 is 2.25 bits per heavy atom. The Hall–Kier alpha value is -0.575. The second-order valence-electron chi connectivity index (χ2n) is 0.296. The zero-order chi connectivity index (χ0) is 3.41. The van der Waals surface area contributed by atoms with E-state index in [4.69, 9.17) is 5.26 Å². The second-order valence-corrected chi connectivity index (χ2v) is 0.296. The molecule has 0 bridgehead atoms. The van der Waals surface area contributed by atoms with Gasteiger partial charge in [0, 0.05) is 6.07 Å². The number of rotatable bonds is 0. The topological polar surface area (TPSA) is 23.8 Å². The van der Waals surface area contributed by atoms with Gasteiger partial charge in [-0.3, -0.25) is 5.97 Å². The van der Waals surface area contributed by atoms with E-state index in [9.17, 15) is 0 Å². The molecule has 2 heteroatoms. The van der Waals surface area contributed by atoms with Gasteiger partial charge in [0.05, 0.1) is 0 Å². The fourth-order valence-electron chi connectivity index (χ4n) is 0. The molecule has 2 radical (unpaired) electrons. The molecule has 0 atom stereocenters. The van der Waals surface area contributed by atoms with Crippen molar-refractivity contribution in [2.75, 3.05) is 0 Å². The molecule has 0 rings (SSSR count). The highest BCUT2D eigenvalue weighted by atomic mass is 14.2. The Kier molecular flexibility index (Phi) is 2.08. The molecule has 0 N–H and O–H groups in total. The molecule has 0 spiro atoms. The second kappa shape index (κ2) is 2.42. The summed E-state index contributed by atoms with van der Waals surface area (Å²) in [6, 6.07) is 1.58. The SMILES string of the molecule is [B-]=CC#N. The molecule has 0 aliphatic carbocycles. The van der Waals surface area contributed by atoms with Gasteiger partial charge in [-0.05, 0) is 0 Å². The van der Waals surface area contributed by atoms with Gasteiger partial charge in [-0.25, -0.2) is 0 Å². The van der Waals surface area contributed by atoms with Crippen molar-refractivity contribution in [1.29, 1.82) is 5.26 Å². The molecule has 4 heavy (non-hydrogen) atoms. The summed E-state index contributed by atoms with van der Waals surface area (Å²) < 4.78 is 0. The summed E-state index contributed by atoms with van der Waals surface area (Å²) in [6.07, 6.45) is 0. The Balaban J connectivity index is 2.92. The van der Waals surface area contributed by atoms with Gasteiger partial charge in [0.1, 0.15) is 0 Å². The van der Waals surface area contributed by atoms with Gasteiger partial charge >= 0.3 is 0 Å². The third-order valence-electron chi connectivity index (χ3n) is 0.0745. The molecule has 0 amide bonds. The summed E-state index contributed by atoms with van der Waals surface area (Å²) in [5.74, 6) is 0.931. The normalized spacial score (nSPS) is 3.75. The van der Waals surface area contributed by atoms with E-state index in [1.54, 1.807) is 6.07 Å². The highest BCUT2D eigenvalue weighted by molar-refractivity contribution is 6.32. The lowest BCUT2D eigenvalue weighted by Gasteiger charge is -1.54. The smallest absolute Gasteiger partial charge is 0.0378 e. The molecule has 0 unspecified atom stereocenters. The monoisotopic (exact) mass is 50.0 g/mol. The molecule has 0 fully saturated rings. The van der Waals surface area contributed by atoms with Crippen LogP contribution in [0.3, 0.4) is 0 Å². The molecule has 0 saturated heterocycles. The minimum absolute atomic E-state index is 0.931. The van der Waals surface area contributed by atoms with E-state index >= 15 is 0 Å². The van der Waals surface area contributed by atoms with Crippen molar-refractivity contribution >= 4 is 13.5 Å². The molecular weight excluding hydrogens is 48.8 g/mol. The summed E-state index contributed by atoms with van der Waals surface area (Å²) in [5, 5.41) is 7.44. The van der Waals surface area contributed by atoms with Crippen molar-refractivity contribution in [2.45, 2.75) is 0 Å². The van der Waals surface area contributed by atoms with Crippen molar-refractivity contribution in [3.8, 4) is 6.07 Å². The average Bonchev–Trinajstić information content (AvgIpc) is 1.37. The molecule has 0 aliphatic rings. The van der Waals surface area contributed by atoms with Crippen LogP contribution in [0.4, 0.5) is 0 Å². The molecule has 1 nitrogen and oxygen atoms in total. The predicted molar refractivity (Wildman–Crippen MR) is 17.4 cm³/mol. The molecule has 18 valence electrons. The van der Waals surface area contributed by atoms with Crippen LogP contribution in [0.2, 0.25) is 0 Å². The first kappa shape index (κ1) is 3.42. The lowest BCUT2D eigenvalue weighted by molar-refractivity contribution is 1.56. The van der Waals surface area contributed by atoms with Gasteiger partial charge in [0.2, 0.25) is 0 Å². The average molecular weight is 49.8 g/mol. The van der Waals surface area contributed by atoms with Crippen LogP contribution in [0, 0.1) is 11.3 Å². The van der Waals surface area contributed by atoms with Crippen LogP contribution in [-0.2, 0) is 0 Å². The minimum atomic E-state index is 0.931. The summed E-state index contributed by atoms with van der Waals surface area (Å²) in [6.45, 7) is 0. The molecule has 0 aromatic heterocycles. The zero-order valence-corrected chi connectivity index (χ0v) is 2.10. The summed E-state index contributed by atoms with van der Waals surface area (Å²) in [7, 11) is 4.54. The van der Waals surface area contributed by atoms with Crippen LogP contribution in [-0.4, -0.2) is 13.5 Å². The van der Waals surface area contributed by atoms with E-state index in [0.29, 0.717) is 0 Å². The lowest BCUT2D eigenvalue weighted by atomic mass is 10.3. The first-order valence-corrected chi connectivity index (χ1v) is 0.846. The standard InChI is InChI=1S/C2HBN/c3-1-2-4/h1H/q-1. The van der Waals surface area contributed by atoms with Crippen molar-refractivity contribution in [2.24, 2.45) is 0 Å². The van der Waals surface area contributed by atoms with Crippen LogP contribution in [0.5, 0.6) is 0 Å². The molecule has 0 heterocycles. The van der Waals surface area contributed by atoms with Crippen molar-refractivity contribution in [1.82, 2.24) is 0 Å². The third-order valence-corrected chi connectivity index (χ3v) is 0.0745. The molecule has 0 aliphatic heterocycles. The van der Waals surface area contributed by atoms with Crippen LogP contribution in [0.15, 0.2) is 0 Å². The van der Waals surface area contributed by atoms with E-state index in [1.807, 2.05) is 0 Å². The quantitative estimate of drug-likeness (QED) is 0.339. The fraction of sp³-hybridized carbons (Fsp3) is 0. The summed E-state index contributed by atoms with van der Waals surface area (Å²) in [4.78, 5) is 0. The molecule has 0 saturated carbocycles. The summed E-state index contributed by atoms with van der Waals surface area (Å²) in [5.41, 5.74) is 0. The fourth-order valence-corrected chi connectivity index (χ4v) is 0. The third kappa shape index (κ3) is 1.42. The maximum atomic E-state index is 7.44. The van der Waals surface area contributed by atoms with Gasteiger partial charge in [0.25, 0.3) is 0 Å². The van der Waals surface area contributed by atoms with E-state index < -0.39 is 0 Å².